The lowest BCUT2D eigenvalue weighted by Gasteiger charge is -2.23. The molecule has 0 fully saturated rings. The molecular weight excluding hydrogens is 218 g/mol. The van der Waals surface area contributed by atoms with Crippen LogP contribution in [0.1, 0.15) is 35.8 Å². The molecule has 4 heteroatoms. The van der Waals surface area contributed by atoms with E-state index in [-0.39, 0.29) is 6.04 Å². The van der Waals surface area contributed by atoms with Gasteiger partial charge >= 0.3 is 0 Å². The Morgan fingerprint density at radius 3 is 3.00 bits per heavy atom. The number of hydrogen-bond donors (Lipinski definition) is 1. The van der Waals surface area contributed by atoms with E-state index in [0.29, 0.717) is 0 Å². The molecule has 0 amide bonds. The summed E-state index contributed by atoms with van der Waals surface area (Å²) in [7, 11) is 0. The van der Waals surface area contributed by atoms with Crippen LogP contribution in [0.5, 0.6) is 0 Å². The van der Waals surface area contributed by atoms with Gasteiger partial charge in [-0.2, -0.15) is 0 Å². The van der Waals surface area contributed by atoms with Crippen molar-refractivity contribution in [3.05, 3.63) is 15.6 Å². The molecule has 1 aromatic rings. The lowest BCUT2D eigenvalue weighted by molar-refractivity contribution is 0.269. The number of nitrogens with two attached hydrogens (primary N) is 1. The van der Waals surface area contributed by atoms with Crippen LogP contribution >= 0.6 is 11.3 Å². The van der Waals surface area contributed by atoms with Gasteiger partial charge in [-0.1, -0.05) is 13.8 Å². The van der Waals surface area contributed by atoms with Crippen molar-refractivity contribution < 1.29 is 0 Å². The summed E-state index contributed by atoms with van der Waals surface area (Å²) in [4.78, 5) is 8.66. The zero-order chi connectivity index (χ0) is 11.5. The summed E-state index contributed by atoms with van der Waals surface area (Å²) in [6.07, 6.45) is 3.09. The molecule has 16 heavy (non-hydrogen) atoms. The Balaban J connectivity index is 2.06. The molecule has 1 aromatic heterocycles. The van der Waals surface area contributed by atoms with Crippen LogP contribution in [0.3, 0.4) is 0 Å². The predicted octanol–water partition coefficient (Wildman–Crippen LogP) is 1.80. The Hall–Kier alpha value is -0.450. The van der Waals surface area contributed by atoms with Crippen LogP contribution in [0.15, 0.2) is 0 Å². The molecule has 90 valence electrons. The normalized spacial score (nSPS) is 18.4. The topological polar surface area (TPSA) is 42.1 Å². The number of likely N-dealkylation sites (N-methyl/N-ethyl adjacent to an activating group) is 1. The highest BCUT2D eigenvalue weighted by atomic mass is 32.1. The maximum atomic E-state index is 5.97. The molecule has 0 bridgehead atoms. The molecule has 0 saturated carbocycles. The standard InChI is InChI=1S/C12H21N3S/c1-3-9(13)7-12-14-10-5-6-15(4-2)8-11(10)16-12/h9H,3-8,13H2,1-2H3. The van der Waals surface area contributed by atoms with E-state index in [1.165, 1.54) is 15.6 Å². The summed E-state index contributed by atoms with van der Waals surface area (Å²) >= 11 is 1.87. The van der Waals surface area contributed by atoms with Crippen LogP contribution < -0.4 is 5.73 Å². The van der Waals surface area contributed by atoms with Gasteiger partial charge < -0.3 is 5.73 Å². The second-order valence-corrected chi connectivity index (χ2v) is 5.64. The SMILES string of the molecule is CCC(N)Cc1nc2c(s1)CN(CC)CC2. The molecule has 2 N–H and O–H groups in total. The molecule has 1 unspecified atom stereocenters. The van der Waals surface area contributed by atoms with Crippen molar-refractivity contribution in [2.75, 3.05) is 13.1 Å². The first-order chi connectivity index (χ1) is 7.72. The molecular formula is C12H21N3S. The zero-order valence-corrected chi connectivity index (χ0v) is 11.0. The molecule has 1 aliphatic heterocycles. The fraction of sp³-hybridized carbons (Fsp3) is 0.750. The molecule has 1 aliphatic rings. The number of thiazole rings is 1. The van der Waals surface area contributed by atoms with E-state index in [4.69, 9.17) is 10.7 Å². The third-order valence-corrected chi connectivity index (χ3v) is 4.37. The smallest absolute Gasteiger partial charge is 0.0947 e. The quantitative estimate of drug-likeness (QED) is 0.871. The highest BCUT2D eigenvalue weighted by molar-refractivity contribution is 7.11. The average molecular weight is 239 g/mol. The molecule has 0 saturated heterocycles. The summed E-state index contributed by atoms with van der Waals surface area (Å²) < 4.78 is 0. The zero-order valence-electron chi connectivity index (χ0n) is 10.2. The van der Waals surface area contributed by atoms with E-state index in [2.05, 4.69) is 18.7 Å². The summed E-state index contributed by atoms with van der Waals surface area (Å²) in [6, 6.07) is 0.273. The first-order valence-corrected chi connectivity index (χ1v) is 7.00. The minimum absolute atomic E-state index is 0.273. The van der Waals surface area contributed by atoms with Gasteiger partial charge in [-0.15, -0.1) is 11.3 Å². The largest absolute Gasteiger partial charge is 0.327 e. The van der Waals surface area contributed by atoms with Crippen molar-refractivity contribution >= 4 is 11.3 Å². The lowest BCUT2D eigenvalue weighted by atomic mass is 10.1. The highest BCUT2D eigenvalue weighted by Crippen LogP contribution is 2.25. The molecule has 3 nitrogen and oxygen atoms in total. The Morgan fingerprint density at radius 2 is 2.31 bits per heavy atom. The maximum Gasteiger partial charge on any atom is 0.0947 e. The summed E-state index contributed by atoms with van der Waals surface area (Å²) in [6.45, 7) is 7.75. The van der Waals surface area contributed by atoms with Crippen LogP contribution in [0.25, 0.3) is 0 Å². The maximum absolute atomic E-state index is 5.97. The summed E-state index contributed by atoms with van der Waals surface area (Å²) in [5.74, 6) is 0. The van der Waals surface area contributed by atoms with E-state index in [0.717, 1.165) is 38.9 Å². The number of aromatic nitrogens is 1. The van der Waals surface area contributed by atoms with Gasteiger partial charge in [0.2, 0.25) is 0 Å². The minimum Gasteiger partial charge on any atom is -0.327 e. The predicted molar refractivity (Wildman–Crippen MR) is 68.7 cm³/mol. The molecule has 0 radical (unpaired) electrons. The third-order valence-electron chi connectivity index (χ3n) is 3.26. The van der Waals surface area contributed by atoms with Crippen LogP contribution in [0, 0.1) is 0 Å². The van der Waals surface area contributed by atoms with Crippen LogP contribution in [-0.4, -0.2) is 29.0 Å². The number of hydrogen-bond acceptors (Lipinski definition) is 4. The fourth-order valence-electron chi connectivity index (χ4n) is 2.03. The van der Waals surface area contributed by atoms with Crippen LogP contribution in [0.2, 0.25) is 0 Å². The molecule has 2 heterocycles. The Kier molecular flexibility index (Phi) is 3.95. The highest BCUT2D eigenvalue weighted by Gasteiger charge is 2.19. The third kappa shape index (κ3) is 2.62. The first-order valence-electron chi connectivity index (χ1n) is 6.18. The second kappa shape index (κ2) is 5.25. The minimum atomic E-state index is 0.273. The van der Waals surface area contributed by atoms with Crippen molar-refractivity contribution in [1.82, 2.24) is 9.88 Å². The van der Waals surface area contributed by atoms with Crippen molar-refractivity contribution in [3.63, 3.8) is 0 Å². The Morgan fingerprint density at radius 1 is 1.50 bits per heavy atom. The molecule has 0 aromatic carbocycles. The molecule has 0 spiro atoms. The van der Waals surface area contributed by atoms with Gasteiger partial charge in [-0.3, -0.25) is 4.90 Å². The van der Waals surface area contributed by atoms with E-state index in [9.17, 15) is 0 Å². The number of rotatable bonds is 4. The fourth-order valence-corrected chi connectivity index (χ4v) is 3.28. The number of nitrogens with zero attached hydrogens (tertiary/aromatic N) is 2. The second-order valence-electron chi connectivity index (χ2n) is 4.47. The molecule has 2 rings (SSSR count). The molecule has 1 atom stereocenters. The van der Waals surface area contributed by atoms with Gasteiger partial charge in [-0.25, -0.2) is 4.98 Å². The van der Waals surface area contributed by atoms with Gasteiger partial charge in [0.1, 0.15) is 0 Å². The van der Waals surface area contributed by atoms with Gasteiger partial charge in [0.25, 0.3) is 0 Å². The van der Waals surface area contributed by atoms with Crippen molar-refractivity contribution in [2.45, 2.75) is 45.7 Å². The van der Waals surface area contributed by atoms with Gasteiger partial charge in [0.15, 0.2) is 0 Å². The summed E-state index contributed by atoms with van der Waals surface area (Å²) in [5, 5.41) is 1.23. The van der Waals surface area contributed by atoms with E-state index in [1.54, 1.807) is 0 Å². The van der Waals surface area contributed by atoms with Crippen molar-refractivity contribution in [3.8, 4) is 0 Å². The van der Waals surface area contributed by atoms with E-state index >= 15 is 0 Å². The van der Waals surface area contributed by atoms with Gasteiger partial charge in [0.05, 0.1) is 10.7 Å². The lowest BCUT2D eigenvalue weighted by Crippen LogP contribution is -2.29. The monoisotopic (exact) mass is 239 g/mol. The summed E-state index contributed by atoms with van der Waals surface area (Å²) in [5.41, 5.74) is 7.30. The Bertz CT molecular complexity index is 348. The van der Waals surface area contributed by atoms with Crippen molar-refractivity contribution in [1.29, 1.82) is 0 Å². The van der Waals surface area contributed by atoms with Crippen molar-refractivity contribution in [2.24, 2.45) is 5.73 Å². The van der Waals surface area contributed by atoms with Crippen LogP contribution in [0.4, 0.5) is 0 Å². The number of fused-ring (bicyclic) bond motifs is 1. The van der Waals surface area contributed by atoms with E-state index < -0.39 is 0 Å². The Labute approximate surface area is 102 Å². The van der Waals surface area contributed by atoms with Crippen LogP contribution in [-0.2, 0) is 19.4 Å². The van der Waals surface area contributed by atoms with Gasteiger partial charge in [0, 0.05) is 36.9 Å². The first kappa shape index (κ1) is 12.0. The molecule has 0 aliphatic carbocycles. The van der Waals surface area contributed by atoms with E-state index in [1.807, 2.05) is 11.3 Å². The van der Waals surface area contributed by atoms with Gasteiger partial charge in [-0.05, 0) is 13.0 Å². The average Bonchev–Trinajstić information content (AvgIpc) is 2.69.